The number of methoxy groups -OCH3 is 2. The third-order valence-electron chi connectivity index (χ3n) is 5.37. The van der Waals surface area contributed by atoms with Crippen LogP contribution in [0.4, 0.5) is 0 Å². The van der Waals surface area contributed by atoms with Crippen molar-refractivity contribution in [2.24, 2.45) is 0 Å². The fourth-order valence-electron chi connectivity index (χ4n) is 3.59. The minimum absolute atomic E-state index is 0.163. The van der Waals surface area contributed by atoms with Crippen LogP contribution in [0.1, 0.15) is 4.88 Å². The van der Waals surface area contributed by atoms with Crippen LogP contribution < -0.4 is 14.2 Å². The molecule has 0 spiro atoms. The zero-order valence-corrected chi connectivity index (χ0v) is 22.2. The Kier molecular flexibility index (Phi) is 8.04. The summed E-state index contributed by atoms with van der Waals surface area (Å²) >= 11 is 14.2. The summed E-state index contributed by atoms with van der Waals surface area (Å²) in [4.78, 5) is 2.21. The number of hydrogen-bond acceptors (Lipinski definition) is 5. The maximum atomic E-state index is 12.7. The number of benzene rings is 3. The monoisotopic (exact) mass is 547 g/mol. The molecule has 182 valence electrons. The molecule has 1 N–H and O–H groups in total. The van der Waals surface area contributed by atoms with Gasteiger partial charge in [0.1, 0.15) is 11.5 Å². The molecule has 9 heteroatoms. The van der Waals surface area contributed by atoms with Gasteiger partial charge in [0.15, 0.2) is 0 Å². The lowest BCUT2D eigenvalue weighted by Crippen LogP contribution is -2.25. The van der Waals surface area contributed by atoms with E-state index < -0.39 is 10.0 Å². The lowest BCUT2D eigenvalue weighted by atomic mass is 10.0. The Morgan fingerprint density at radius 2 is 1.60 bits per heavy atom. The molecule has 4 rings (SSSR count). The molecular formula is C26H23Cl2NO4S2. The molecular weight excluding hydrogens is 525 g/mol. The van der Waals surface area contributed by atoms with E-state index in [2.05, 4.69) is 10.8 Å². The van der Waals surface area contributed by atoms with Crippen LogP contribution in [-0.4, -0.2) is 29.2 Å². The SMILES string of the molecule is COc1ccc(-c2sc(CCNS(=O)(=O)c3cccc(OC)c3)cc2-c2ccc(Cl)cc2Cl)cc1. The molecule has 1 heterocycles. The Morgan fingerprint density at radius 3 is 2.29 bits per heavy atom. The topological polar surface area (TPSA) is 64.6 Å². The van der Waals surface area contributed by atoms with E-state index in [-0.39, 0.29) is 11.4 Å². The fraction of sp³-hybridized carbons (Fsp3) is 0.154. The smallest absolute Gasteiger partial charge is 0.240 e. The molecule has 3 aromatic carbocycles. The normalized spacial score (nSPS) is 11.4. The van der Waals surface area contributed by atoms with Crippen LogP contribution in [0.2, 0.25) is 10.0 Å². The van der Waals surface area contributed by atoms with E-state index in [0.29, 0.717) is 22.2 Å². The molecule has 0 saturated heterocycles. The van der Waals surface area contributed by atoms with Gasteiger partial charge in [-0.2, -0.15) is 0 Å². The van der Waals surface area contributed by atoms with Crippen LogP contribution in [0.3, 0.4) is 0 Å². The van der Waals surface area contributed by atoms with Gasteiger partial charge in [-0.25, -0.2) is 13.1 Å². The molecule has 0 saturated carbocycles. The summed E-state index contributed by atoms with van der Waals surface area (Å²) < 4.78 is 38.6. The first-order chi connectivity index (χ1) is 16.8. The summed E-state index contributed by atoms with van der Waals surface area (Å²) in [5.41, 5.74) is 2.84. The highest BCUT2D eigenvalue weighted by Gasteiger charge is 2.18. The Labute approximate surface area is 219 Å². The average molecular weight is 549 g/mol. The van der Waals surface area contributed by atoms with Crippen molar-refractivity contribution in [1.82, 2.24) is 4.72 Å². The number of sulfonamides is 1. The van der Waals surface area contributed by atoms with Crippen molar-refractivity contribution < 1.29 is 17.9 Å². The lowest BCUT2D eigenvalue weighted by molar-refractivity contribution is 0.413. The Balaban J connectivity index is 1.61. The zero-order valence-electron chi connectivity index (χ0n) is 19.0. The van der Waals surface area contributed by atoms with Gasteiger partial charge in [-0.05, 0) is 66.6 Å². The van der Waals surface area contributed by atoms with E-state index in [0.717, 1.165) is 32.2 Å². The highest BCUT2D eigenvalue weighted by molar-refractivity contribution is 7.89. The zero-order chi connectivity index (χ0) is 25.0. The lowest BCUT2D eigenvalue weighted by Gasteiger charge is -2.08. The Morgan fingerprint density at radius 1 is 0.857 bits per heavy atom. The van der Waals surface area contributed by atoms with Crippen LogP contribution in [-0.2, 0) is 16.4 Å². The molecule has 0 atom stereocenters. The van der Waals surface area contributed by atoms with Gasteiger partial charge in [0, 0.05) is 43.5 Å². The second kappa shape index (κ2) is 11.0. The van der Waals surface area contributed by atoms with Gasteiger partial charge in [0.2, 0.25) is 10.0 Å². The molecule has 1 aromatic heterocycles. The van der Waals surface area contributed by atoms with Crippen molar-refractivity contribution in [3.05, 3.63) is 87.7 Å². The third kappa shape index (κ3) is 6.00. The molecule has 5 nitrogen and oxygen atoms in total. The molecule has 0 aliphatic carbocycles. The number of nitrogens with one attached hydrogen (secondary N) is 1. The Bertz CT molecular complexity index is 1430. The third-order valence-corrected chi connectivity index (χ3v) is 8.62. The molecule has 0 amide bonds. The molecule has 4 aromatic rings. The summed E-state index contributed by atoms with van der Waals surface area (Å²) in [6.45, 7) is 0.246. The Hall–Kier alpha value is -2.55. The largest absolute Gasteiger partial charge is 0.497 e. The molecule has 0 radical (unpaired) electrons. The van der Waals surface area contributed by atoms with E-state index >= 15 is 0 Å². The van der Waals surface area contributed by atoms with Crippen molar-refractivity contribution in [3.63, 3.8) is 0 Å². The average Bonchev–Trinajstić information content (AvgIpc) is 3.27. The first-order valence-corrected chi connectivity index (χ1v) is 13.7. The first-order valence-electron chi connectivity index (χ1n) is 10.7. The van der Waals surface area contributed by atoms with Crippen molar-refractivity contribution in [3.8, 4) is 33.1 Å². The van der Waals surface area contributed by atoms with Crippen LogP contribution in [0.25, 0.3) is 21.6 Å². The van der Waals surface area contributed by atoms with Crippen molar-refractivity contribution in [2.45, 2.75) is 11.3 Å². The van der Waals surface area contributed by atoms with Gasteiger partial charge >= 0.3 is 0 Å². The standard InChI is InChI=1S/C26H23Cl2NO4S2/c1-32-19-9-6-17(7-10-19)26-24(23-11-8-18(27)14-25(23)28)16-21(34-26)12-13-29-35(30,31)22-5-3-4-20(15-22)33-2/h3-11,14-16,29H,12-13H2,1-2H3. The van der Waals surface area contributed by atoms with E-state index in [1.807, 2.05) is 30.3 Å². The van der Waals surface area contributed by atoms with Crippen molar-refractivity contribution >= 4 is 44.6 Å². The molecule has 35 heavy (non-hydrogen) atoms. The number of hydrogen-bond donors (Lipinski definition) is 1. The van der Waals surface area contributed by atoms with Crippen LogP contribution >= 0.6 is 34.5 Å². The maximum absolute atomic E-state index is 12.7. The number of ether oxygens (including phenoxy) is 2. The van der Waals surface area contributed by atoms with Gasteiger partial charge < -0.3 is 9.47 Å². The number of thiophene rings is 1. The van der Waals surface area contributed by atoms with E-state index in [9.17, 15) is 8.42 Å². The molecule has 0 fully saturated rings. The number of halogens is 2. The second-order valence-electron chi connectivity index (χ2n) is 7.63. The summed E-state index contributed by atoms with van der Waals surface area (Å²) in [6, 6.07) is 21.7. The fourth-order valence-corrected chi connectivity index (χ4v) is 6.34. The molecule has 0 unspecified atom stereocenters. The van der Waals surface area contributed by atoms with E-state index in [1.54, 1.807) is 48.8 Å². The van der Waals surface area contributed by atoms with E-state index in [4.69, 9.17) is 32.7 Å². The predicted molar refractivity (Wildman–Crippen MR) is 144 cm³/mol. The first kappa shape index (κ1) is 25.5. The summed E-state index contributed by atoms with van der Waals surface area (Å²) in [7, 11) is -0.535. The van der Waals surface area contributed by atoms with Gasteiger partial charge in [-0.3, -0.25) is 0 Å². The minimum Gasteiger partial charge on any atom is -0.497 e. The van der Waals surface area contributed by atoms with Crippen molar-refractivity contribution in [2.75, 3.05) is 20.8 Å². The van der Waals surface area contributed by atoms with Gasteiger partial charge in [0.05, 0.1) is 19.1 Å². The van der Waals surface area contributed by atoms with Gasteiger partial charge in [-0.1, -0.05) is 35.3 Å². The van der Waals surface area contributed by atoms with Gasteiger partial charge in [0.25, 0.3) is 0 Å². The highest BCUT2D eigenvalue weighted by Crippen LogP contribution is 2.43. The summed E-state index contributed by atoms with van der Waals surface area (Å²) in [6.07, 6.45) is 0.516. The summed E-state index contributed by atoms with van der Waals surface area (Å²) in [5.74, 6) is 1.25. The van der Waals surface area contributed by atoms with Crippen molar-refractivity contribution in [1.29, 1.82) is 0 Å². The highest BCUT2D eigenvalue weighted by atomic mass is 35.5. The molecule has 0 aliphatic rings. The second-order valence-corrected chi connectivity index (χ2v) is 11.4. The summed E-state index contributed by atoms with van der Waals surface area (Å²) in [5, 5.41) is 1.11. The van der Waals surface area contributed by atoms with Crippen LogP contribution in [0.15, 0.2) is 77.7 Å². The van der Waals surface area contributed by atoms with Crippen LogP contribution in [0.5, 0.6) is 11.5 Å². The quantitative estimate of drug-likeness (QED) is 0.247. The molecule has 0 bridgehead atoms. The predicted octanol–water partition coefficient (Wildman–Crippen LogP) is 6.93. The van der Waals surface area contributed by atoms with Crippen LogP contribution in [0, 0.1) is 0 Å². The number of rotatable bonds is 9. The van der Waals surface area contributed by atoms with Gasteiger partial charge in [-0.15, -0.1) is 11.3 Å². The molecule has 0 aliphatic heterocycles. The minimum atomic E-state index is -3.66. The maximum Gasteiger partial charge on any atom is 0.240 e. The van der Waals surface area contributed by atoms with E-state index in [1.165, 1.54) is 13.2 Å².